The molecule has 0 spiro atoms. The van der Waals surface area contributed by atoms with E-state index in [2.05, 4.69) is 31.2 Å². The van der Waals surface area contributed by atoms with Gasteiger partial charge in [0.05, 0.1) is 5.52 Å². The SMILES string of the molecule is CCCC(=O)Oc1cccc(Nc2ncnc3ccc(Br)cc23)c1. The number of ether oxygens (including phenoxy) is 1. The largest absolute Gasteiger partial charge is 0.426 e. The highest BCUT2D eigenvalue weighted by Crippen LogP contribution is 2.27. The van der Waals surface area contributed by atoms with Crippen LogP contribution in [0.15, 0.2) is 53.3 Å². The van der Waals surface area contributed by atoms with Gasteiger partial charge in [0.15, 0.2) is 0 Å². The van der Waals surface area contributed by atoms with Crippen molar-refractivity contribution in [2.24, 2.45) is 0 Å². The van der Waals surface area contributed by atoms with Gasteiger partial charge in [-0.15, -0.1) is 0 Å². The number of rotatable bonds is 5. The van der Waals surface area contributed by atoms with Gasteiger partial charge in [-0.25, -0.2) is 9.97 Å². The van der Waals surface area contributed by atoms with E-state index in [9.17, 15) is 4.79 Å². The Morgan fingerprint density at radius 3 is 2.92 bits per heavy atom. The van der Waals surface area contributed by atoms with Crippen LogP contribution >= 0.6 is 15.9 Å². The molecule has 3 rings (SSSR count). The molecule has 5 nitrogen and oxygen atoms in total. The van der Waals surface area contributed by atoms with Crippen LogP contribution in [0.3, 0.4) is 0 Å². The van der Waals surface area contributed by atoms with Crippen LogP contribution in [0.5, 0.6) is 5.75 Å². The van der Waals surface area contributed by atoms with Crippen molar-refractivity contribution in [1.29, 1.82) is 0 Å². The van der Waals surface area contributed by atoms with Crippen LogP contribution in [0.1, 0.15) is 19.8 Å². The maximum Gasteiger partial charge on any atom is 0.311 e. The topological polar surface area (TPSA) is 64.1 Å². The fourth-order valence-corrected chi connectivity index (χ4v) is 2.65. The normalized spacial score (nSPS) is 10.6. The average molecular weight is 386 g/mol. The van der Waals surface area contributed by atoms with Crippen LogP contribution in [0.25, 0.3) is 10.9 Å². The molecule has 2 aromatic carbocycles. The van der Waals surface area contributed by atoms with E-state index >= 15 is 0 Å². The molecule has 0 unspecified atom stereocenters. The van der Waals surface area contributed by atoms with Crippen molar-refractivity contribution in [1.82, 2.24) is 9.97 Å². The Labute approximate surface area is 148 Å². The van der Waals surface area contributed by atoms with E-state index in [4.69, 9.17) is 4.74 Å². The Morgan fingerprint density at radius 2 is 2.08 bits per heavy atom. The fraction of sp³-hybridized carbons (Fsp3) is 0.167. The molecule has 122 valence electrons. The molecule has 0 saturated carbocycles. The van der Waals surface area contributed by atoms with Gasteiger partial charge in [0.2, 0.25) is 0 Å². The second-order valence-corrected chi connectivity index (χ2v) is 6.18. The van der Waals surface area contributed by atoms with Crippen LogP contribution in [-0.2, 0) is 4.79 Å². The van der Waals surface area contributed by atoms with Gasteiger partial charge in [-0.3, -0.25) is 4.79 Å². The molecule has 6 heteroatoms. The van der Waals surface area contributed by atoms with Gasteiger partial charge < -0.3 is 10.1 Å². The lowest BCUT2D eigenvalue weighted by molar-refractivity contribution is -0.134. The summed E-state index contributed by atoms with van der Waals surface area (Å²) in [5, 5.41) is 4.16. The third-order valence-electron chi connectivity index (χ3n) is 3.38. The van der Waals surface area contributed by atoms with E-state index < -0.39 is 0 Å². The minimum absolute atomic E-state index is 0.230. The molecule has 0 fully saturated rings. The zero-order valence-electron chi connectivity index (χ0n) is 13.1. The van der Waals surface area contributed by atoms with E-state index in [0.717, 1.165) is 27.5 Å². The van der Waals surface area contributed by atoms with Crippen molar-refractivity contribution in [2.45, 2.75) is 19.8 Å². The summed E-state index contributed by atoms with van der Waals surface area (Å²) in [5.41, 5.74) is 1.64. The number of esters is 1. The highest BCUT2D eigenvalue weighted by molar-refractivity contribution is 9.10. The van der Waals surface area contributed by atoms with E-state index in [1.807, 2.05) is 37.3 Å². The highest BCUT2D eigenvalue weighted by atomic mass is 79.9. The summed E-state index contributed by atoms with van der Waals surface area (Å²) in [6.45, 7) is 1.94. The Bertz CT molecular complexity index is 883. The van der Waals surface area contributed by atoms with Crippen molar-refractivity contribution < 1.29 is 9.53 Å². The first-order chi connectivity index (χ1) is 11.7. The number of aromatic nitrogens is 2. The molecule has 0 aliphatic heterocycles. The maximum absolute atomic E-state index is 11.6. The Morgan fingerprint density at radius 1 is 1.21 bits per heavy atom. The number of carbonyl (C=O) groups excluding carboxylic acids is 1. The lowest BCUT2D eigenvalue weighted by Gasteiger charge is -2.10. The number of nitrogens with zero attached hydrogens (tertiary/aromatic N) is 2. The lowest BCUT2D eigenvalue weighted by Crippen LogP contribution is -2.07. The van der Waals surface area contributed by atoms with Crippen molar-refractivity contribution in [3.63, 3.8) is 0 Å². The number of halogens is 1. The summed E-state index contributed by atoms with van der Waals surface area (Å²) in [7, 11) is 0. The first kappa shape index (κ1) is 16.4. The predicted molar refractivity (Wildman–Crippen MR) is 97.5 cm³/mol. The van der Waals surface area contributed by atoms with Crippen LogP contribution < -0.4 is 10.1 Å². The number of hydrogen-bond donors (Lipinski definition) is 1. The summed E-state index contributed by atoms with van der Waals surface area (Å²) in [5.74, 6) is 0.974. The molecule has 0 atom stereocenters. The maximum atomic E-state index is 11.6. The molecular weight excluding hydrogens is 370 g/mol. The molecule has 0 radical (unpaired) electrons. The Balaban J connectivity index is 1.86. The van der Waals surface area contributed by atoms with Crippen LogP contribution in [0.2, 0.25) is 0 Å². The second-order valence-electron chi connectivity index (χ2n) is 5.26. The first-order valence-corrected chi connectivity index (χ1v) is 8.43. The molecular formula is C18H16BrN3O2. The molecule has 3 aromatic rings. The second kappa shape index (κ2) is 7.40. The smallest absolute Gasteiger partial charge is 0.311 e. The summed E-state index contributed by atoms with van der Waals surface area (Å²) in [6, 6.07) is 13.1. The fourth-order valence-electron chi connectivity index (χ4n) is 2.29. The molecule has 0 bridgehead atoms. The monoisotopic (exact) mass is 385 g/mol. The number of anilines is 2. The summed E-state index contributed by atoms with van der Waals surface area (Å²) >= 11 is 3.46. The van der Waals surface area contributed by atoms with Gasteiger partial charge in [0.1, 0.15) is 17.9 Å². The number of fused-ring (bicyclic) bond motifs is 1. The van der Waals surface area contributed by atoms with Crippen LogP contribution in [-0.4, -0.2) is 15.9 Å². The van der Waals surface area contributed by atoms with Gasteiger partial charge in [-0.05, 0) is 36.8 Å². The minimum atomic E-state index is -0.230. The van der Waals surface area contributed by atoms with E-state index in [1.54, 1.807) is 12.1 Å². The quantitative estimate of drug-likeness (QED) is 0.502. The van der Waals surface area contributed by atoms with Gasteiger partial charge >= 0.3 is 5.97 Å². The standard InChI is InChI=1S/C18H16BrN3O2/c1-2-4-17(23)24-14-6-3-5-13(10-14)22-18-15-9-12(19)7-8-16(15)20-11-21-18/h3,5-11H,2,4H2,1H3,(H,20,21,22). The third-order valence-corrected chi connectivity index (χ3v) is 3.87. The molecule has 1 heterocycles. The molecule has 0 saturated heterocycles. The van der Waals surface area contributed by atoms with Crippen LogP contribution in [0.4, 0.5) is 11.5 Å². The number of carbonyl (C=O) groups is 1. The Hall–Kier alpha value is -2.47. The molecule has 1 aromatic heterocycles. The zero-order valence-corrected chi connectivity index (χ0v) is 14.7. The van der Waals surface area contributed by atoms with Crippen molar-refractivity contribution in [3.8, 4) is 5.75 Å². The number of benzene rings is 2. The Kier molecular flexibility index (Phi) is 5.05. The zero-order chi connectivity index (χ0) is 16.9. The molecule has 0 aliphatic carbocycles. The van der Waals surface area contributed by atoms with E-state index in [0.29, 0.717) is 18.0 Å². The number of hydrogen-bond acceptors (Lipinski definition) is 5. The van der Waals surface area contributed by atoms with Gasteiger partial charge in [0, 0.05) is 28.0 Å². The van der Waals surface area contributed by atoms with Gasteiger partial charge in [-0.1, -0.05) is 28.9 Å². The molecule has 1 N–H and O–H groups in total. The minimum Gasteiger partial charge on any atom is -0.426 e. The van der Waals surface area contributed by atoms with Crippen molar-refractivity contribution >= 4 is 44.3 Å². The van der Waals surface area contributed by atoms with E-state index in [-0.39, 0.29) is 5.97 Å². The average Bonchev–Trinajstić information content (AvgIpc) is 2.56. The predicted octanol–water partition coefficient (Wildman–Crippen LogP) is 4.84. The summed E-state index contributed by atoms with van der Waals surface area (Å²) < 4.78 is 6.27. The van der Waals surface area contributed by atoms with Crippen molar-refractivity contribution in [3.05, 3.63) is 53.3 Å². The molecule has 24 heavy (non-hydrogen) atoms. The molecule has 0 amide bonds. The highest BCUT2D eigenvalue weighted by Gasteiger charge is 2.07. The van der Waals surface area contributed by atoms with E-state index in [1.165, 1.54) is 6.33 Å². The first-order valence-electron chi connectivity index (χ1n) is 7.64. The van der Waals surface area contributed by atoms with Gasteiger partial charge in [0.25, 0.3) is 0 Å². The van der Waals surface area contributed by atoms with Gasteiger partial charge in [-0.2, -0.15) is 0 Å². The third kappa shape index (κ3) is 3.89. The molecule has 0 aliphatic rings. The number of nitrogens with one attached hydrogen (secondary N) is 1. The van der Waals surface area contributed by atoms with Crippen LogP contribution in [0, 0.1) is 0 Å². The lowest BCUT2D eigenvalue weighted by atomic mass is 10.2. The summed E-state index contributed by atoms with van der Waals surface area (Å²) in [6.07, 6.45) is 2.69. The summed E-state index contributed by atoms with van der Waals surface area (Å²) in [4.78, 5) is 20.2. The van der Waals surface area contributed by atoms with Crippen molar-refractivity contribution in [2.75, 3.05) is 5.32 Å².